The predicted molar refractivity (Wildman–Crippen MR) is 157 cm³/mol. The summed E-state index contributed by atoms with van der Waals surface area (Å²) in [6.45, 7) is 1.74. The van der Waals surface area contributed by atoms with Gasteiger partial charge in [-0.25, -0.2) is 13.6 Å². The second-order valence-corrected chi connectivity index (χ2v) is 10.7. The van der Waals surface area contributed by atoms with Crippen molar-refractivity contribution in [3.8, 4) is 11.5 Å². The first-order valence-electron chi connectivity index (χ1n) is 13.8. The van der Waals surface area contributed by atoms with E-state index in [0.29, 0.717) is 41.0 Å². The first-order chi connectivity index (χ1) is 20.6. The molecule has 8 nitrogen and oxygen atoms in total. The van der Waals surface area contributed by atoms with Crippen LogP contribution in [0.2, 0.25) is 5.02 Å². The molecule has 2 atom stereocenters. The zero-order valence-corrected chi connectivity index (χ0v) is 24.4. The molecule has 43 heavy (non-hydrogen) atoms. The lowest BCUT2D eigenvalue weighted by molar-refractivity contribution is -0.146. The fourth-order valence-electron chi connectivity index (χ4n) is 5.09. The quantitative estimate of drug-likeness (QED) is 0.257. The number of methoxy groups -OCH3 is 1. The number of aromatic carboxylic acids is 1. The summed E-state index contributed by atoms with van der Waals surface area (Å²) in [5.74, 6) is -4.05. The minimum absolute atomic E-state index is 0.00882. The number of benzene rings is 3. The number of carbonyl (C=O) groups excluding carboxylic acids is 2. The van der Waals surface area contributed by atoms with Crippen LogP contribution in [0.4, 0.5) is 8.78 Å². The summed E-state index contributed by atoms with van der Waals surface area (Å²) in [6, 6.07) is 14.1. The number of oxime groups is 1. The molecule has 0 bridgehead atoms. The van der Waals surface area contributed by atoms with Gasteiger partial charge in [0.2, 0.25) is 11.8 Å². The molecule has 3 aromatic carbocycles. The van der Waals surface area contributed by atoms with Crippen molar-refractivity contribution in [2.45, 2.75) is 44.9 Å². The van der Waals surface area contributed by atoms with Crippen LogP contribution >= 0.6 is 11.6 Å². The Bertz CT molecular complexity index is 1510. The van der Waals surface area contributed by atoms with Gasteiger partial charge in [0.15, 0.2) is 5.75 Å². The SMILES string of the molecule is CC[C@@H](CC(=O)N1C/C(=N/Oc2cc(F)cc(F)c2)CCC(Cc2cc(Cl)ccc2OC)C1=O)c1ccc(C(=O)O)cc1. The molecule has 0 saturated carbocycles. The molecular weight excluding hydrogens is 582 g/mol. The maximum absolute atomic E-state index is 13.9. The third-order valence-corrected chi connectivity index (χ3v) is 7.64. The number of ether oxygens (including phenoxy) is 1. The Morgan fingerprint density at radius 1 is 1.09 bits per heavy atom. The minimum atomic E-state index is -1.05. The number of halogens is 3. The molecule has 0 aromatic heterocycles. The van der Waals surface area contributed by atoms with Crippen molar-refractivity contribution in [1.82, 2.24) is 4.90 Å². The first-order valence-corrected chi connectivity index (χ1v) is 14.1. The van der Waals surface area contributed by atoms with E-state index in [-0.39, 0.29) is 43.0 Å². The van der Waals surface area contributed by atoms with Crippen molar-refractivity contribution in [3.05, 3.63) is 94.0 Å². The molecule has 0 radical (unpaired) electrons. The van der Waals surface area contributed by atoms with E-state index < -0.39 is 35.3 Å². The van der Waals surface area contributed by atoms with Gasteiger partial charge in [-0.3, -0.25) is 14.5 Å². The van der Waals surface area contributed by atoms with Crippen molar-refractivity contribution in [2.75, 3.05) is 13.7 Å². The highest BCUT2D eigenvalue weighted by atomic mass is 35.5. The molecule has 226 valence electrons. The average molecular weight is 613 g/mol. The van der Waals surface area contributed by atoms with Crippen LogP contribution in [0.5, 0.6) is 11.5 Å². The monoisotopic (exact) mass is 612 g/mol. The fraction of sp³-hybridized carbons (Fsp3) is 0.312. The molecule has 1 unspecified atom stereocenters. The molecule has 0 aliphatic carbocycles. The summed E-state index contributed by atoms with van der Waals surface area (Å²) in [5.41, 5.74) is 1.96. The summed E-state index contributed by atoms with van der Waals surface area (Å²) in [7, 11) is 1.52. The molecule has 3 aromatic rings. The third-order valence-electron chi connectivity index (χ3n) is 7.41. The van der Waals surface area contributed by atoms with Crippen LogP contribution in [-0.2, 0) is 16.0 Å². The maximum atomic E-state index is 13.9. The normalized spacial score (nSPS) is 17.0. The maximum Gasteiger partial charge on any atom is 0.335 e. The van der Waals surface area contributed by atoms with E-state index >= 15 is 0 Å². The van der Waals surface area contributed by atoms with Gasteiger partial charge >= 0.3 is 5.97 Å². The van der Waals surface area contributed by atoms with Crippen molar-refractivity contribution < 1.29 is 37.8 Å². The molecule has 11 heteroatoms. The van der Waals surface area contributed by atoms with E-state index in [1.807, 2.05) is 6.92 Å². The largest absolute Gasteiger partial charge is 0.496 e. The van der Waals surface area contributed by atoms with Crippen molar-refractivity contribution in [3.63, 3.8) is 0 Å². The summed E-state index contributed by atoms with van der Waals surface area (Å²) in [4.78, 5) is 45.3. The summed E-state index contributed by atoms with van der Waals surface area (Å²) >= 11 is 6.22. The highest BCUT2D eigenvalue weighted by molar-refractivity contribution is 6.30. The number of carbonyl (C=O) groups is 3. The standard InChI is InChI=1S/C32H31ClF2N2O6/c1-3-19(20-4-6-21(7-5-20)32(40)41)14-30(38)37-18-27(36-43-28-16-25(34)15-26(35)17-28)10-8-22(31(37)39)12-23-13-24(33)9-11-29(23)42-2/h4-7,9,11,13,15-17,19,22H,3,8,10,12,14,18H2,1-2H3,(H,40,41)/b36-27+/t19-,22?/m0/s1. The van der Waals surface area contributed by atoms with Crippen molar-refractivity contribution in [1.29, 1.82) is 0 Å². The van der Waals surface area contributed by atoms with Gasteiger partial charge in [0, 0.05) is 35.6 Å². The third kappa shape index (κ3) is 8.16. The van der Waals surface area contributed by atoms with Gasteiger partial charge < -0.3 is 14.7 Å². The summed E-state index contributed by atoms with van der Waals surface area (Å²) in [5, 5.41) is 13.8. The van der Waals surface area contributed by atoms with Crippen LogP contribution in [0.25, 0.3) is 0 Å². The number of amides is 2. The number of imide groups is 1. The zero-order valence-electron chi connectivity index (χ0n) is 23.7. The molecule has 1 N–H and O–H groups in total. The Morgan fingerprint density at radius 3 is 2.42 bits per heavy atom. The number of nitrogens with zero attached hydrogens (tertiary/aromatic N) is 2. The molecule has 1 fully saturated rings. The van der Waals surface area contributed by atoms with Gasteiger partial charge in [-0.2, -0.15) is 0 Å². The lowest BCUT2D eigenvalue weighted by Crippen LogP contribution is -2.42. The minimum Gasteiger partial charge on any atom is -0.496 e. The van der Waals surface area contributed by atoms with E-state index in [9.17, 15) is 28.3 Å². The number of likely N-dealkylation sites (tertiary alicyclic amines) is 1. The Morgan fingerprint density at radius 2 is 1.79 bits per heavy atom. The second kappa shape index (κ2) is 14.2. The number of carboxylic acid groups (broad SMARTS) is 1. The van der Waals surface area contributed by atoms with E-state index in [0.717, 1.165) is 22.6 Å². The van der Waals surface area contributed by atoms with Gasteiger partial charge in [-0.15, -0.1) is 0 Å². The van der Waals surface area contributed by atoms with E-state index in [1.165, 1.54) is 19.2 Å². The summed E-state index contributed by atoms with van der Waals surface area (Å²) < 4.78 is 32.8. The molecule has 1 aliphatic heterocycles. The number of carboxylic acids is 1. The van der Waals surface area contributed by atoms with Gasteiger partial charge in [0.05, 0.1) is 24.9 Å². The number of hydrogen-bond donors (Lipinski definition) is 1. The number of rotatable bonds is 10. The Kier molecular flexibility index (Phi) is 10.5. The predicted octanol–water partition coefficient (Wildman–Crippen LogP) is 6.65. The lowest BCUT2D eigenvalue weighted by atomic mass is 9.91. The Labute approximate surface area is 252 Å². The molecule has 4 rings (SSSR count). The molecule has 0 spiro atoms. The van der Waals surface area contributed by atoms with Crippen molar-refractivity contribution >= 4 is 35.1 Å². The highest BCUT2D eigenvalue weighted by Crippen LogP contribution is 2.31. The van der Waals surface area contributed by atoms with Gasteiger partial charge in [-0.05, 0) is 73.1 Å². The van der Waals surface area contributed by atoms with Crippen LogP contribution in [0.3, 0.4) is 0 Å². The van der Waals surface area contributed by atoms with Crippen LogP contribution < -0.4 is 9.57 Å². The van der Waals surface area contributed by atoms with E-state index in [4.69, 9.17) is 21.2 Å². The fourth-order valence-corrected chi connectivity index (χ4v) is 5.28. The van der Waals surface area contributed by atoms with Crippen LogP contribution in [0, 0.1) is 17.6 Å². The summed E-state index contributed by atoms with van der Waals surface area (Å²) in [6.07, 6.45) is 1.42. The van der Waals surface area contributed by atoms with Crippen LogP contribution in [0.1, 0.15) is 60.0 Å². The van der Waals surface area contributed by atoms with Crippen LogP contribution in [-0.4, -0.2) is 47.2 Å². The van der Waals surface area contributed by atoms with Crippen LogP contribution in [0.15, 0.2) is 65.8 Å². The molecular formula is C32H31ClF2N2O6. The smallest absolute Gasteiger partial charge is 0.335 e. The number of hydrogen-bond acceptors (Lipinski definition) is 6. The Balaban J connectivity index is 1.61. The second-order valence-electron chi connectivity index (χ2n) is 10.3. The molecule has 1 heterocycles. The average Bonchev–Trinajstić information content (AvgIpc) is 3.13. The molecule has 2 amide bonds. The lowest BCUT2D eigenvalue weighted by Gasteiger charge is -2.25. The van der Waals surface area contributed by atoms with E-state index in [2.05, 4.69) is 5.16 Å². The van der Waals surface area contributed by atoms with Gasteiger partial charge in [0.25, 0.3) is 0 Å². The Hall–Kier alpha value is -4.31. The van der Waals surface area contributed by atoms with E-state index in [1.54, 1.807) is 30.3 Å². The molecule has 1 aliphatic rings. The first kappa shape index (κ1) is 31.6. The highest BCUT2D eigenvalue weighted by Gasteiger charge is 2.35. The van der Waals surface area contributed by atoms with Gasteiger partial charge in [-0.1, -0.05) is 35.8 Å². The topological polar surface area (TPSA) is 106 Å². The van der Waals surface area contributed by atoms with Gasteiger partial charge in [0.1, 0.15) is 17.4 Å². The molecule has 1 saturated heterocycles. The van der Waals surface area contributed by atoms with Crippen molar-refractivity contribution in [2.24, 2.45) is 11.1 Å². The zero-order chi connectivity index (χ0) is 31.1.